The van der Waals surface area contributed by atoms with Crippen LogP contribution in [0.4, 0.5) is 5.69 Å². The molecule has 0 bridgehead atoms. The summed E-state index contributed by atoms with van der Waals surface area (Å²) in [5.41, 5.74) is 6.05. The molecule has 0 spiro atoms. The molecule has 1 aromatic rings. The van der Waals surface area contributed by atoms with E-state index in [0.29, 0.717) is 5.02 Å². The van der Waals surface area contributed by atoms with E-state index in [0.717, 1.165) is 0 Å². The Kier molecular flexibility index (Phi) is 4.13. The van der Waals surface area contributed by atoms with E-state index in [1.54, 1.807) is 12.1 Å². The number of rotatable bonds is 4. The molecular formula is C10H11ClN2O3. The van der Waals surface area contributed by atoms with Crippen LogP contribution in [0, 0.1) is 0 Å². The molecule has 0 fully saturated rings. The normalized spacial score (nSPS) is 9.81. The lowest BCUT2D eigenvalue weighted by molar-refractivity contribution is -0.136. The van der Waals surface area contributed by atoms with Gasteiger partial charge in [0.25, 0.3) is 5.91 Å². The van der Waals surface area contributed by atoms with E-state index in [1.807, 2.05) is 0 Å². The number of halogens is 1. The van der Waals surface area contributed by atoms with Crippen molar-refractivity contribution >= 4 is 29.2 Å². The van der Waals surface area contributed by atoms with Gasteiger partial charge in [0, 0.05) is 6.54 Å². The van der Waals surface area contributed by atoms with Crippen LogP contribution >= 0.6 is 11.6 Å². The Balaban J connectivity index is 2.66. The van der Waals surface area contributed by atoms with Gasteiger partial charge in [-0.25, -0.2) is 0 Å². The molecule has 0 saturated carbocycles. The van der Waals surface area contributed by atoms with E-state index in [4.69, 9.17) is 22.4 Å². The molecule has 86 valence electrons. The maximum absolute atomic E-state index is 11.6. The summed E-state index contributed by atoms with van der Waals surface area (Å²) < 4.78 is 0. The second-order valence-electron chi connectivity index (χ2n) is 3.10. The van der Waals surface area contributed by atoms with Gasteiger partial charge in [0.2, 0.25) is 0 Å². The average Bonchev–Trinajstić information content (AvgIpc) is 2.21. The molecule has 0 aliphatic rings. The van der Waals surface area contributed by atoms with Crippen molar-refractivity contribution < 1.29 is 14.7 Å². The molecule has 0 unspecified atom stereocenters. The lowest BCUT2D eigenvalue weighted by Gasteiger charge is -2.07. The number of para-hydroxylation sites is 1. The molecule has 4 N–H and O–H groups in total. The number of nitrogen functional groups attached to an aromatic ring is 1. The molecule has 1 aromatic carbocycles. The van der Waals surface area contributed by atoms with Crippen LogP contribution in [0.3, 0.4) is 0 Å². The van der Waals surface area contributed by atoms with E-state index < -0.39 is 11.9 Å². The number of carboxylic acid groups (broad SMARTS) is 1. The van der Waals surface area contributed by atoms with Crippen molar-refractivity contribution in [1.29, 1.82) is 0 Å². The number of amides is 1. The summed E-state index contributed by atoms with van der Waals surface area (Å²) in [7, 11) is 0. The lowest BCUT2D eigenvalue weighted by Crippen LogP contribution is -2.26. The van der Waals surface area contributed by atoms with Gasteiger partial charge in [-0.15, -0.1) is 0 Å². The van der Waals surface area contributed by atoms with Crippen molar-refractivity contribution in [3.8, 4) is 0 Å². The highest BCUT2D eigenvalue weighted by Gasteiger charge is 2.11. The summed E-state index contributed by atoms with van der Waals surface area (Å²) in [4.78, 5) is 21.8. The Labute approximate surface area is 97.2 Å². The minimum Gasteiger partial charge on any atom is -0.481 e. The molecule has 0 aliphatic carbocycles. The first-order chi connectivity index (χ1) is 7.52. The second kappa shape index (κ2) is 5.37. The first-order valence-corrected chi connectivity index (χ1v) is 4.94. The molecule has 0 saturated heterocycles. The average molecular weight is 243 g/mol. The number of carbonyl (C=O) groups excluding carboxylic acids is 1. The van der Waals surface area contributed by atoms with Crippen molar-refractivity contribution in [2.45, 2.75) is 6.42 Å². The number of benzene rings is 1. The van der Waals surface area contributed by atoms with E-state index >= 15 is 0 Å². The predicted molar refractivity (Wildman–Crippen MR) is 60.5 cm³/mol. The number of aliphatic carboxylic acids is 1. The highest BCUT2D eigenvalue weighted by atomic mass is 35.5. The largest absolute Gasteiger partial charge is 0.481 e. The molecule has 6 heteroatoms. The van der Waals surface area contributed by atoms with Crippen molar-refractivity contribution in [3.05, 3.63) is 28.8 Å². The summed E-state index contributed by atoms with van der Waals surface area (Å²) in [5.74, 6) is -1.40. The van der Waals surface area contributed by atoms with E-state index in [9.17, 15) is 9.59 Å². The molecule has 1 amide bonds. The lowest BCUT2D eigenvalue weighted by atomic mass is 10.1. The van der Waals surface area contributed by atoms with E-state index in [-0.39, 0.29) is 24.2 Å². The second-order valence-corrected chi connectivity index (χ2v) is 3.51. The van der Waals surface area contributed by atoms with Gasteiger partial charge in [-0.1, -0.05) is 17.7 Å². The summed E-state index contributed by atoms with van der Waals surface area (Å²) in [6, 6.07) is 4.70. The van der Waals surface area contributed by atoms with Crippen molar-refractivity contribution in [2.75, 3.05) is 12.3 Å². The number of hydrogen-bond acceptors (Lipinski definition) is 3. The fourth-order valence-corrected chi connectivity index (χ4v) is 1.29. The summed E-state index contributed by atoms with van der Waals surface area (Å²) >= 11 is 5.74. The van der Waals surface area contributed by atoms with Crippen LogP contribution in [0.5, 0.6) is 0 Å². The zero-order valence-electron chi connectivity index (χ0n) is 8.37. The van der Waals surface area contributed by atoms with Crippen LogP contribution in [0.1, 0.15) is 16.8 Å². The van der Waals surface area contributed by atoms with Gasteiger partial charge >= 0.3 is 5.97 Å². The van der Waals surface area contributed by atoms with Crippen LogP contribution in [0.15, 0.2) is 18.2 Å². The summed E-state index contributed by atoms with van der Waals surface area (Å²) in [6.45, 7) is 0.0557. The number of anilines is 1. The minimum absolute atomic E-state index is 0.0557. The fraction of sp³-hybridized carbons (Fsp3) is 0.200. The molecule has 0 aliphatic heterocycles. The van der Waals surface area contributed by atoms with Crippen LogP contribution in [-0.4, -0.2) is 23.5 Å². The van der Waals surface area contributed by atoms with Gasteiger partial charge in [-0.05, 0) is 12.1 Å². The molecule has 16 heavy (non-hydrogen) atoms. The Morgan fingerprint density at radius 3 is 2.75 bits per heavy atom. The maximum atomic E-state index is 11.6. The van der Waals surface area contributed by atoms with Crippen molar-refractivity contribution in [1.82, 2.24) is 5.32 Å². The van der Waals surface area contributed by atoms with Crippen molar-refractivity contribution in [2.24, 2.45) is 0 Å². The number of carboxylic acids is 1. The number of carbonyl (C=O) groups is 2. The third-order valence-corrected chi connectivity index (χ3v) is 2.25. The summed E-state index contributed by atoms with van der Waals surface area (Å²) in [5, 5.41) is 11.1. The Hall–Kier alpha value is -1.75. The van der Waals surface area contributed by atoms with Crippen LogP contribution in [0.2, 0.25) is 5.02 Å². The van der Waals surface area contributed by atoms with E-state index in [1.165, 1.54) is 6.07 Å². The molecule has 0 atom stereocenters. The smallest absolute Gasteiger partial charge is 0.305 e. The van der Waals surface area contributed by atoms with Gasteiger partial charge in [0.1, 0.15) is 0 Å². The van der Waals surface area contributed by atoms with E-state index in [2.05, 4.69) is 5.32 Å². The number of nitrogens with two attached hydrogens (primary N) is 1. The number of nitrogens with one attached hydrogen (secondary N) is 1. The monoisotopic (exact) mass is 242 g/mol. The SMILES string of the molecule is Nc1c(Cl)cccc1C(=O)NCCC(=O)O. The molecule has 0 aromatic heterocycles. The first-order valence-electron chi connectivity index (χ1n) is 4.56. The predicted octanol–water partition coefficient (Wildman–Crippen LogP) is 1.13. The zero-order chi connectivity index (χ0) is 12.1. The van der Waals surface area contributed by atoms with Gasteiger partial charge in [0.15, 0.2) is 0 Å². The third-order valence-electron chi connectivity index (χ3n) is 1.92. The standard InChI is InChI=1S/C10H11ClN2O3/c11-7-3-1-2-6(9(7)12)10(16)13-5-4-8(14)15/h1-3H,4-5,12H2,(H,13,16)(H,14,15). The van der Waals surface area contributed by atoms with Crippen molar-refractivity contribution in [3.63, 3.8) is 0 Å². The van der Waals surface area contributed by atoms with Crippen LogP contribution in [0.25, 0.3) is 0 Å². The third kappa shape index (κ3) is 3.13. The molecule has 0 radical (unpaired) electrons. The van der Waals surface area contributed by atoms with Gasteiger partial charge in [-0.2, -0.15) is 0 Å². The molecular weight excluding hydrogens is 232 g/mol. The fourth-order valence-electron chi connectivity index (χ4n) is 1.11. The molecule has 1 rings (SSSR count). The van der Waals surface area contributed by atoms with Crippen LogP contribution in [-0.2, 0) is 4.79 Å². The summed E-state index contributed by atoms with van der Waals surface area (Å²) in [6.07, 6.45) is -0.133. The highest BCUT2D eigenvalue weighted by molar-refractivity contribution is 6.33. The first kappa shape index (κ1) is 12.3. The Morgan fingerprint density at radius 2 is 2.12 bits per heavy atom. The quantitative estimate of drug-likeness (QED) is 0.690. The van der Waals surface area contributed by atoms with Gasteiger partial charge in [0.05, 0.1) is 22.7 Å². The van der Waals surface area contributed by atoms with Crippen LogP contribution < -0.4 is 11.1 Å². The molecule has 0 heterocycles. The van der Waals surface area contributed by atoms with Gasteiger partial charge < -0.3 is 16.2 Å². The Morgan fingerprint density at radius 1 is 1.44 bits per heavy atom. The highest BCUT2D eigenvalue weighted by Crippen LogP contribution is 2.21. The minimum atomic E-state index is -0.973. The number of hydrogen-bond donors (Lipinski definition) is 3. The molecule has 5 nitrogen and oxygen atoms in total. The topological polar surface area (TPSA) is 92.4 Å². The maximum Gasteiger partial charge on any atom is 0.305 e. The zero-order valence-corrected chi connectivity index (χ0v) is 9.12. The Bertz CT molecular complexity index is 421. The van der Waals surface area contributed by atoms with Gasteiger partial charge in [-0.3, -0.25) is 9.59 Å².